The van der Waals surface area contributed by atoms with E-state index < -0.39 is 8.07 Å². The van der Waals surface area contributed by atoms with E-state index in [4.69, 9.17) is 4.74 Å². The molecule has 2 heterocycles. The number of nitrogens with zero attached hydrogens (tertiary/aromatic N) is 1. The largest absolute Gasteiger partial charge is 0.458 e. The summed E-state index contributed by atoms with van der Waals surface area (Å²) in [5.41, 5.74) is 3.60. The van der Waals surface area contributed by atoms with E-state index in [0.29, 0.717) is 0 Å². The van der Waals surface area contributed by atoms with Crippen LogP contribution in [0.1, 0.15) is 0 Å². The van der Waals surface area contributed by atoms with Crippen molar-refractivity contribution in [2.45, 2.75) is 0 Å². The maximum Gasteiger partial charge on any atom is 0.188 e. The van der Waals surface area contributed by atoms with E-state index in [1.54, 1.807) is 0 Å². The molecule has 0 radical (unpaired) electrons. The van der Waals surface area contributed by atoms with Gasteiger partial charge >= 0.3 is 0 Å². The lowest BCUT2D eigenvalue weighted by atomic mass is 10.2. The van der Waals surface area contributed by atoms with Gasteiger partial charge in [-0.2, -0.15) is 0 Å². The maximum atomic E-state index is 6.50. The molecule has 0 atom stereocenters. The second-order valence-electron chi connectivity index (χ2n) is 10.3. The molecule has 2 nitrogen and oxygen atoms in total. The number of para-hydroxylation sites is 4. The van der Waals surface area contributed by atoms with Crippen LogP contribution in [0.3, 0.4) is 0 Å². The fourth-order valence-electron chi connectivity index (χ4n) is 6.57. The van der Waals surface area contributed by atoms with Crippen LogP contribution in [-0.4, -0.2) is 12.6 Å². The molecule has 0 amide bonds. The number of benzene rings is 6. The highest BCUT2D eigenvalue weighted by Crippen LogP contribution is 2.33. The Labute approximate surface area is 242 Å². The standard InChI is InChI=1S/C36H24BrNOSi/c37-25-10-9-11-28(24-25)40(35-18-7-5-16-33(35)39-34-17-6-8-19-36(34)40)27-22-20-26(21-23-27)38-31-14-3-1-12-29(31)30-13-2-4-15-32(30)38/h1-24H. The zero-order valence-corrected chi connectivity index (χ0v) is 24.2. The van der Waals surface area contributed by atoms with E-state index in [9.17, 15) is 0 Å². The molecular weight excluding hydrogens is 570 g/mol. The molecule has 0 bridgehead atoms. The minimum absolute atomic E-state index is 0.944. The van der Waals surface area contributed by atoms with Crippen LogP contribution in [0.2, 0.25) is 0 Å². The molecule has 0 aliphatic carbocycles. The fraction of sp³-hybridized carbons (Fsp3) is 0. The average molecular weight is 595 g/mol. The van der Waals surface area contributed by atoms with Crippen LogP contribution in [0, 0.1) is 0 Å². The summed E-state index contributed by atoms with van der Waals surface area (Å²) in [6, 6.07) is 52.6. The SMILES string of the molecule is Brc1cccc([Si]2(c3ccc(-n4c5ccccc5c5ccccc54)cc3)c3ccccc3Oc3ccccc32)c1. The summed E-state index contributed by atoms with van der Waals surface area (Å²) in [6.45, 7) is 0. The van der Waals surface area contributed by atoms with E-state index in [-0.39, 0.29) is 0 Å². The highest BCUT2D eigenvalue weighted by Gasteiger charge is 2.47. The molecule has 1 aliphatic heterocycles. The van der Waals surface area contributed by atoms with Gasteiger partial charge in [-0.15, -0.1) is 0 Å². The summed E-state index contributed by atoms with van der Waals surface area (Å²) in [5, 5.41) is 7.75. The van der Waals surface area contributed by atoms with Crippen molar-refractivity contribution >= 4 is 66.6 Å². The zero-order chi connectivity index (χ0) is 26.7. The molecular formula is C36H24BrNOSi. The van der Waals surface area contributed by atoms with Gasteiger partial charge in [0.05, 0.1) is 11.0 Å². The van der Waals surface area contributed by atoms with E-state index in [0.717, 1.165) is 21.7 Å². The molecule has 0 saturated carbocycles. The lowest BCUT2D eigenvalue weighted by Crippen LogP contribution is -2.76. The summed E-state index contributed by atoms with van der Waals surface area (Å²) in [7, 11) is -2.69. The Morgan fingerprint density at radius 3 is 1.65 bits per heavy atom. The Hall–Kier alpha value is -4.38. The lowest BCUT2D eigenvalue weighted by Gasteiger charge is -2.39. The molecule has 8 rings (SSSR count). The predicted octanol–water partition coefficient (Wildman–Crippen LogP) is 7.03. The summed E-state index contributed by atoms with van der Waals surface area (Å²) in [6.07, 6.45) is 0. The molecule has 0 N–H and O–H groups in total. The highest BCUT2D eigenvalue weighted by atomic mass is 79.9. The smallest absolute Gasteiger partial charge is 0.188 e. The van der Waals surface area contributed by atoms with Gasteiger partial charge in [0.15, 0.2) is 8.07 Å². The Kier molecular flexibility index (Phi) is 5.34. The monoisotopic (exact) mass is 593 g/mol. The Morgan fingerprint density at radius 2 is 1.05 bits per heavy atom. The Morgan fingerprint density at radius 1 is 0.500 bits per heavy atom. The number of hydrogen-bond acceptors (Lipinski definition) is 1. The van der Waals surface area contributed by atoms with Gasteiger partial charge in [-0.05, 0) is 69.3 Å². The van der Waals surface area contributed by atoms with E-state index in [1.165, 1.54) is 42.6 Å². The quantitative estimate of drug-likeness (QED) is 0.201. The number of hydrogen-bond donors (Lipinski definition) is 0. The molecule has 40 heavy (non-hydrogen) atoms. The van der Waals surface area contributed by atoms with Crippen molar-refractivity contribution < 1.29 is 4.74 Å². The average Bonchev–Trinajstić information content (AvgIpc) is 3.34. The molecule has 1 aromatic heterocycles. The van der Waals surface area contributed by atoms with Crippen LogP contribution in [0.15, 0.2) is 150 Å². The molecule has 0 saturated heterocycles. The summed E-state index contributed by atoms with van der Waals surface area (Å²) in [4.78, 5) is 0. The first-order valence-corrected chi connectivity index (χ1v) is 16.3. The first-order chi connectivity index (χ1) is 19.7. The van der Waals surface area contributed by atoms with Gasteiger partial charge in [-0.3, -0.25) is 0 Å². The van der Waals surface area contributed by atoms with Gasteiger partial charge in [0.25, 0.3) is 0 Å². The van der Waals surface area contributed by atoms with Crippen LogP contribution in [0.5, 0.6) is 11.5 Å². The molecule has 1 aliphatic rings. The Balaban J connectivity index is 1.42. The van der Waals surface area contributed by atoms with Crippen LogP contribution < -0.4 is 25.5 Å². The summed E-state index contributed by atoms with van der Waals surface area (Å²) < 4.78 is 9.97. The molecule has 4 heteroatoms. The van der Waals surface area contributed by atoms with Crippen LogP contribution in [0.25, 0.3) is 27.5 Å². The van der Waals surface area contributed by atoms with Crippen LogP contribution >= 0.6 is 15.9 Å². The second kappa shape index (κ2) is 9.09. The number of rotatable bonds is 3. The van der Waals surface area contributed by atoms with E-state index in [2.05, 4.69) is 166 Å². The second-order valence-corrected chi connectivity index (χ2v) is 14.9. The van der Waals surface area contributed by atoms with Crippen molar-refractivity contribution in [1.82, 2.24) is 4.57 Å². The third-order valence-electron chi connectivity index (χ3n) is 8.20. The minimum Gasteiger partial charge on any atom is -0.458 e. The molecule has 190 valence electrons. The molecule has 6 aromatic carbocycles. The normalized spacial score (nSPS) is 13.5. The molecule has 0 unspecified atom stereocenters. The van der Waals surface area contributed by atoms with Gasteiger partial charge in [0.1, 0.15) is 11.5 Å². The number of ether oxygens (including phenoxy) is 1. The van der Waals surface area contributed by atoms with Crippen molar-refractivity contribution in [3.63, 3.8) is 0 Å². The van der Waals surface area contributed by atoms with Gasteiger partial charge in [0.2, 0.25) is 0 Å². The summed E-state index contributed by atoms with van der Waals surface area (Å²) in [5.74, 6) is 1.89. The lowest BCUT2D eigenvalue weighted by molar-refractivity contribution is 0.487. The first-order valence-electron chi connectivity index (χ1n) is 13.5. The molecule has 7 aromatic rings. The van der Waals surface area contributed by atoms with Crippen molar-refractivity contribution in [2.75, 3.05) is 0 Å². The fourth-order valence-corrected chi connectivity index (χ4v) is 12.1. The third kappa shape index (κ3) is 3.33. The van der Waals surface area contributed by atoms with Crippen molar-refractivity contribution in [3.05, 3.63) is 150 Å². The molecule has 0 fully saturated rings. The topological polar surface area (TPSA) is 14.2 Å². The number of halogens is 1. The zero-order valence-electron chi connectivity index (χ0n) is 21.6. The van der Waals surface area contributed by atoms with Gasteiger partial charge in [0, 0.05) is 20.9 Å². The summed E-state index contributed by atoms with van der Waals surface area (Å²) >= 11 is 3.78. The maximum absolute atomic E-state index is 6.50. The van der Waals surface area contributed by atoms with E-state index >= 15 is 0 Å². The van der Waals surface area contributed by atoms with Crippen LogP contribution in [0.4, 0.5) is 0 Å². The van der Waals surface area contributed by atoms with E-state index in [1.807, 2.05) is 0 Å². The van der Waals surface area contributed by atoms with Crippen molar-refractivity contribution in [1.29, 1.82) is 0 Å². The van der Waals surface area contributed by atoms with Crippen LogP contribution in [-0.2, 0) is 0 Å². The van der Waals surface area contributed by atoms with Gasteiger partial charge in [-0.25, -0.2) is 0 Å². The predicted molar refractivity (Wildman–Crippen MR) is 172 cm³/mol. The van der Waals surface area contributed by atoms with Gasteiger partial charge in [-0.1, -0.05) is 113 Å². The number of aromatic nitrogens is 1. The third-order valence-corrected chi connectivity index (χ3v) is 13.5. The number of fused-ring (bicyclic) bond motifs is 5. The van der Waals surface area contributed by atoms with Gasteiger partial charge < -0.3 is 9.30 Å². The Bertz CT molecular complexity index is 1960. The van der Waals surface area contributed by atoms with Crippen molar-refractivity contribution in [2.24, 2.45) is 0 Å². The molecule has 0 spiro atoms. The van der Waals surface area contributed by atoms with Crippen molar-refractivity contribution in [3.8, 4) is 17.2 Å². The first kappa shape index (κ1) is 23.5. The minimum atomic E-state index is -2.69. The highest BCUT2D eigenvalue weighted by molar-refractivity contribution is 9.10.